The van der Waals surface area contributed by atoms with Gasteiger partial charge in [-0.15, -0.1) is 0 Å². The van der Waals surface area contributed by atoms with E-state index in [1.54, 1.807) is 24.3 Å². The van der Waals surface area contributed by atoms with Gasteiger partial charge in [-0.2, -0.15) is 0 Å². The predicted molar refractivity (Wildman–Crippen MR) is 80.4 cm³/mol. The van der Waals surface area contributed by atoms with Crippen LogP contribution in [0.25, 0.3) is 0 Å². The van der Waals surface area contributed by atoms with Gasteiger partial charge in [-0.3, -0.25) is 19.7 Å². The topological polar surface area (TPSA) is 96.5 Å². The second kappa shape index (κ2) is 7.56. The van der Waals surface area contributed by atoms with Crippen molar-refractivity contribution in [2.45, 2.75) is 12.8 Å². The zero-order valence-electron chi connectivity index (χ0n) is 12.3. The van der Waals surface area contributed by atoms with E-state index in [4.69, 9.17) is 4.74 Å². The first-order chi connectivity index (χ1) is 10.6. The monoisotopic (exact) mass is 305 g/mol. The number of carbonyl (C=O) groups is 3. The zero-order chi connectivity index (χ0) is 15.9. The van der Waals surface area contributed by atoms with Gasteiger partial charge in [-0.1, -0.05) is 6.07 Å². The van der Waals surface area contributed by atoms with Gasteiger partial charge in [0, 0.05) is 17.7 Å². The van der Waals surface area contributed by atoms with E-state index in [0.29, 0.717) is 24.3 Å². The number of anilines is 1. The normalized spacial score (nSPS) is 15.0. The Kier molecular flexibility index (Phi) is 5.48. The SMILES string of the molecule is COc1cccc(NC(=O)C(=O)NC(=O)C2CCNCC2)c1. The molecule has 7 heteroatoms. The summed E-state index contributed by atoms with van der Waals surface area (Å²) in [5.41, 5.74) is 0.425. The van der Waals surface area contributed by atoms with Crippen molar-refractivity contribution in [3.8, 4) is 5.75 Å². The molecule has 0 unspecified atom stereocenters. The molecule has 1 heterocycles. The van der Waals surface area contributed by atoms with Crippen molar-refractivity contribution in [2.75, 3.05) is 25.5 Å². The minimum absolute atomic E-state index is 0.227. The van der Waals surface area contributed by atoms with Crippen LogP contribution in [0.2, 0.25) is 0 Å². The van der Waals surface area contributed by atoms with Crippen molar-refractivity contribution >= 4 is 23.4 Å². The third kappa shape index (κ3) is 4.29. The van der Waals surface area contributed by atoms with E-state index in [1.165, 1.54) is 7.11 Å². The molecule has 0 bridgehead atoms. The fourth-order valence-electron chi connectivity index (χ4n) is 2.24. The van der Waals surface area contributed by atoms with Crippen molar-refractivity contribution in [3.63, 3.8) is 0 Å². The Bertz CT molecular complexity index is 568. The fourth-order valence-corrected chi connectivity index (χ4v) is 2.24. The van der Waals surface area contributed by atoms with Gasteiger partial charge < -0.3 is 15.4 Å². The number of carbonyl (C=O) groups excluding carboxylic acids is 3. The zero-order valence-corrected chi connectivity index (χ0v) is 12.3. The molecule has 0 saturated carbocycles. The first-order valence-corrected chi connectivity index (χ1v) is 7.11. The number of ether oxygens (including phenoxy) is 1. The van der Waals surface area contributed by atoms with Gasteiger partial charge in [0.25, 0.3) is 0 Å². The molecule has 118 valence electrons. The summed E-state index contributed by atoms with van der Waals surface area (Å²) in [6.45, 7) is 1.48. The number of methoxy groups -OCH3 is 1. The van der Waals surface area contributed by atoms with E-state index in [1.807, 2.05) is 0 Å². The number of benzene rings is 1. The number of hydrogen-bond acceptors (Lipinski definition) is 5. The fraction of sp³-hybridized carbons (Fsp3) is 0.400. The Balaban J connectivity index is 1.88. The average molecular weight is 305 g/mol. The minimum Gasteiger partial charge on any atom is -0.497 e. The quantitative estimate of drug-likeness (QED) is 0.697. The molecular weight excluding hydrogens is 286 g/mol. The Morgan fingerprint density at radius 2 is 1.91 bits per heavy atom. The average Bonchev–Trinajstić information content (AvgIpc) is 2.55. The highest BCUT2D eigenvalue weighted by atomic mass is 16.5. The molecule has 2 rings (SSSR count). The summed E-state index contributed by atoms with van der Waals surface area (Å²) in [5.74, 6) is -1.90. The number of piperidine rings is 1. The van der Waals surface area contributed by atoms with E-state index in [-0.39, 0.29) is 5.92 Å². The van der Waals surface area contributed by atoms with Crippen LogP contribution in [0.3, 0.4) is 0 Å². The second-order valence-electron chi connectivity index (χ2n) is 5.03. The van der Waals surface area contributed by atoms with Crippen LogP contribution >= 0.6 is 0 Å². The Labute approximate surface area is 128 Å². The Morgan fingerprint density at radius 1 is 1.18 bits per heavy atom. The van der Waals surface area contributed by atoms with E-state index >= 15 is 0 Å². The third-order valence-electron chi connectivity index (χ3n) is 3.48. The van der Waals surface area contributed by atoms with Crippen LogP contribution in [0.1, 0.15) is 12.8 Å². The van der Waals surface area contributed by atoms with E-state index in [2.05, 4.69) is 16.0 Å². The minimum atomic E-state index is -0.952. The first-order valence-electron chi connectivity index (χ1n) is 7.11. The number of rotatable bonds is 3. The van der Waals surface area contributed by atoms with E-state index in [0.717, 1.165) is 13.1 Å². The summed E-state index contributed by atoms with van der Waals surface area (Å²) in [6.07, 6.45) is 1.33. The van der Waals surface area contributed by atoms with Gasteiger partial charge in [0.1, 0.15) is 5.75 Å². The molecule has 1 fully saturated rings. The van der Waals surface area contributed by atoms with Crippen LogP contribution < -0.4 is 20.7 Å². The molecule has 1 aliphatic heterocycles. The third-order valence-corrected chi connectivity index (χ3v) is 3.48. The second-order valence-corrected chi connectivity index (χ2v) is 5.03. The molecule has 0 radical (unpaired) electrons. The molecule has 3 N–H and O–H groups in total. The smallest absolute Gasteiger partial charge is 0.316 e. The van der Waals surface area contributed by atoms with Gasteiger partial charge >= 0.3 is 11.8 Å². The molecule has 1 aliphatic rings. The summed E-state index contributed by atoms with van der Waals surface area (Å²) >= 11 is 0. The summed E-state index contributed by atoms with van der Waals surface area (Å²) < 4.78 is 5.03. The molecule has 1 aromatic carbocycles. The van der Waals surface area contributed by atoms with Gasteiger partial charge in [0.05, 0.1) is 7.11 Å². The van der Waals surface area contributed by atoms with Crippen LogP contribution in [-0.2, 0) is 14.4 Å². The lowest BCUT2D eigenvalue weighted by Gasteiger charge is -2.21. The van der Waals surface area contributed by atoms with E-state index < -0.39 is 17.7 Å². The van der Waals surface area contributed by atoms with E-state index in [9.17, 15) is 14.4 Å². The molecule has 22 heavy (non-hydrogen) atoms. The maximum Gasteiger partial charge on any atom is 0.316 e. The molecular formula is C15H19N3O4. The van der Waals surface area contributed by atoms with Crippen LogP contribution in [0.5, 0.6) is 5.75 Å². The number of imide groups is 1. The van der Waals surface area contributed by atoms with Gasteiger partial charge in [-0.25, -0.2) is 0 Å². The number of hydrogen-bond donors (Lipinski definition) is 3. The standard InChI is InChI=1S/C15H19N3O4/c1-22-12-4-2-3-11(9-12)17-14(20)15(21)18-13(19)10-5-7-16-8-6-10/h2-4,9-10,16H,5-8H2,1H3,(H,17,20)(H,18,19,21). The summed E-state index contributed by atoms with van der Waals surface area (Å²) in [5, 5.41) is 7.71. The number of nitrogens with one attached hydrogen (secondary N) is 3. The first kappa shape index (κ1) is 16.0. The molecule has 3 amide bonds. The molecule has 7 nitrogen and oxygen atoms in total. The van der Waals surface area contributed by atoms with Crippen LogP contribution in [-0.4, -0.2) is 37.9 Å². The van der Waals surface area contributed by atoms with Crippen molar-refractivity contribution in [2.24, 2.45) is 5.92 Å². The van der Waals surface area contributed by atoms with Crippen LogP contribution in [0.4, 0.5) is 5.69 Å². The highest BCUT2D eigenvalue weighted by Gasteiger charge is 2.25. The highest BCUT2D eigenvalue weighted by Crippen LogP contribution is 2.16. The molecule has 0 aromatic heterocycles. The van der Waals surface area contributed by atoms with Crippen molar-refractivity contribution in [3.05, 3.63) is 24.3 Å². The van der Waals surface area contributed by atoms with Gasteiger partial charge in [-0.05, 0) is 38.1 Å². The summed E-state index contributed by atoms with van der Waals surface area (Å²) in [4.78, 5) is 35.5. The largest absolute Gasteiger partial charge is 0.497 e. The van der Waals surface area contributed by atoms with Crippen molar-refractivity contribution < 1.29 is 19.1 Å². The lowest BCUT2D eigenvalue weighted by Crippen LogP contribution is -2.44. The summed E-state index contributed by atoms with van der Waals surface area (Å²) in [6, 6.07) is 6.62. The maximum atomic E-state index is 11.9. The maximum absolute atomic E-state index is 11.9. The molecule has 0 spiro atoms. The number of amides is 3. The van der Waals surface area contributed by atoms with Gasteiger partial charge in [0.2, 0.25) is 5.91 Å². The summed E-state index contributed by atoms with van der Waals surface area (Å²) in [7, 11) is 1.51. The van der Waals surface area contributed by atoms with Crippen LogP contribution in [0.15, 0.2) is 24.3 Å². The molecule has 0 aliphatic carbocycles. The molecule has 1 aromatic rings. The molecule has 1 saturated heterocycles. The van der Waals surface area contributed by atoms with Crippen molar-refractivity contribution in [1.29, 1.82) is 0 Å². The van der Waals surface area contributed by atoms with Crippen molar-refractivity contribution in [1.82, 2.24) is 10.6 Å². The lowest BCUT2D eigenvalue weighted by molar-refractivity contribution is -0.141. The molecule has 0 atom stereocenters. The predicted octanol–water partition coefficient (Wildman–Crippen LogP) is 0.276. The Morgan fingerprint density at radius 3 is 2.59 bits per heavy atom. The Hall–Kier alpha value is -2.41. The highest BCUT2D eigenvalue weighted by molar-refractivity contribution is 6.41. The van der Waals surface area contributed by atoms with Gasteiger partial charge in [0.15, 0.2) is 0 Å². The lowest BCUT2D eigenvalue weighted by atomic mass is 9.97. The van der Waals surface area contributed by atoms with Crippen LogP contribution in [0, 0.1) is 5.92 Å².